The fraction of sp³-hybridized carbons (Fsp3) is 0.786. The summed E-state index contributed by atoms with van der Waals surface area (Å²) in [6.45, 7) is 4.99. The minimum atomic E-state index is -1.11. The van der Waals surface area contributed by atoms with Crippen LogP contribution in [0.1, 0.15) is 45.6 Å². The molecule has 1 aromatic heterocycles. The maximum atomic E-state index is 12.2. The maximum Gasteiger partial charge on any atom is 1.00 e. The summed E-state index contributed by atoms with van der Waals surface area (Å²) in [5, 5.41) is 25.7. The number of hydrogen-bond acceptors (Lipinski definition) is 8. The van der Waals surface area contributed by atoms with Crippen molar-refractivity contribution >= 4 is 23.0 Å². The van der Waals surface area contributed by atoms with Gasteiger partial charge in [-0.2, -0.15) is 0 Å². The van der Waals surface area contributed by atoms with E-state index in [1.807, 2.05) is 13.8 Å². The van der Waals surface area contributed by atoms with Crippen LogP contribution < -0.4 is 40.0 Å². The molecule has 9 nitrogen and oxygen atoms in total. The molecule has 2 unspecified atom stereocenters. The van der Waals surface area contributed by atoms with Crippen LogP contribution >= 0.6 is 11.8 Å². The average molecular weight is 378 g/mol. The van der Waals surface area contributed by atoms with E-state index >= 15 is 0 Å². The maximum absolute atomic E-state index is 12.2. The Hall–Kier alpha value is -0.680. The molecule has 1 saturated carbocycles. The minimum absolute atomic E-state index is 0. The number of aromatic nitrogens is 4. The van der Waals surface area contributed by atoms with Crippen LogP contribution in [0.3, 0.4) is 0 Å². The van der Waals surface area contributed by atoms with Crippen LogP contribution in [0.15, 0.2) is 5.16 Å². The Balaban J connectivity index is 0.00000312. The van der Waals surface area contributed by atoms with Gasteiger partial charge in [0.25, 0.3) is 5.24 Å². The van der Waals surface area contributed by atoms with Crippen LogP contribution in [0, 0.1) is 0 Å². The number of rotatable bonds is 7. The number of nitrogens with zero attached hydrogens (tertiary/aromatic N) is 5. The van der Waals surface area contributed by atoms with Gasteiger partial charge >= 0.3 is 29.6 Å². The molecule has 1 aliphatic carbocycles. The molecular formula is C14H23N6NaO3S. The Labute approximate surface area is 173 Å². The number of carboxylic acids is 1. The van der Waals surface area contributed by atoms with E-state index in [9.17, 15) is 14.7 Å². The zero-order chi connectivity index (χ0) is 17.5. The second-order valence-electron chi connectivity index (χ2n) is 5.72. The molecule has 11 heteroatoms. The Morgan fingerprint density at radius 3 is 2.72 bits per heavy atom. The zero-order valence-corrected chi connectivity index (χ0v) is 17.8. The number of thioether (sulfide) groups is 1. The van der Waals surface area contributed by atoms with Gasteiger partial charge in [-0.25, -0.2) is 4.68 Å². The minimum Gasteiger partial charge on any atom is -0.549 e. The number of tetrazole rings is 1. The van der Waals surface area contributed by atoms with Crippen LogP contribution in [0.4, 0.5) is 4.79 Å². The number of hydrogen-bond donors (Lipinski definition) is 1. The molecule has 1 aromatic rings. The number of nitrogens with one attached hydrogen (secondary N) is 1. The molecule has 1 amide bonds. The van der Waals surface area contributed by atoms with E-state index in [0.717, 1.165) is 37.4 Å². The molecule has 0 bridgehead atoms. The summed E-state index contributed by atoms with van der Waals surface area (Å²) < 4.78 is 1.69. The Bertz CT molecular complexity index is 569. The molecule has 0 aromatic carbocycles. The third-order valence-electron chi connectivity index (χ3n) is 4.19. The van der Waals surface area contributed by atoms with E-state index < -0.39 is 5.97 Å². The van der Waals surface area contributed by atoms with Gasteiger partial charge in [-0.3, -0.25) is 4.79 Å². The van der Waals surface area contributed by atoms with Crippen molar-refractivity contribution in [3.63, 3.8) is 0 Å². The summed E-state index contributed by atoms with van der Waals surface area (Å²) in [6, 6.07) is 0.141. The standard InChI is InChI=1S/C14H24N6O3S.Na/c1-3-19(4-2)14(23)24-13-16-17-18-20(13)11-7-5-6-10(8-11)15-9-12(21)22;/h10-11,15H,3-9H2,1-2H3,(H,21,22);/q;+1/p-1. The SMILES string of the molecule is CCN(CC)C(=O)Sc1nnnn1C1CCCC(NCC(=O)[O-])C1.[Na+]. The van der Waals surface area contributed by atoms with E-state index in [-0.39, 0.29) is 53.4 Å². The molecule has 2 rings (SSSR count). The molecule has 25 heavy (non-hydrogen) atoms. The third-order valence-corrected chi connectivity index (χ3v) is 5.07. The molecule has 1 N–H and O–H groups in total. The molecule has 2 atom stereocenters. The van der Waals surface area contributed by atoms with Gasteiger partial charge in [0.1, 0.15) is 0 Å². The van der Waals surface area contributed by atoms with Crippen molar-refractivity contribution in [2.45, 2.75) is 56.8 Å². The first-order chi connectivity index (χ1) is 11.5. The molecule has 1 aliphatic rings. The Morgan fingerprint density at radius 1 is 1.36 bits per heavy atom. The Kier molecular flexibility index (Phi) is 9.95. The number of carbonyl (C=O) groups is 2. The van der Waals surface area contributed by atoms with Crippen LogP contribution in [-0.2, 0) is 4.79 Å². The topological polar surface area (TPSA) is 116 Å². The van der Waals surface area contributed by atoms with Gasteiger partial charge in [0.05, 0.1) is 12.0 Å². The van der Waals surface area contributed by atoms with Crippen molar-refractivity contribution in [3.05, 3.63) is 0 Å². The van der Waals surface area contributed by atoms with E-state index in [0.29, 0.717) is 18.2 Å². The first-order valence-corrected chi connectivity index (χ1v) is 9.04. The third kappa shape index (κ3) is 6.52. The smallest absolute Gasteiger partial charge is 0.549 e. The summed E-state index contributed by atoms with van der Waals surface area (Å²) >= 11 is 1.04. The fourth-order valence-electron chi connectivity index (χ4n) is 2.91. The van der Waals surface area contributed by atoms with E-state index in [4.69, 9.17) is 0 Å². The number of aliphatic carboxylic acids is 1. The summed E-state index contributed by atoms with van der Waals surface area (Å²) in [6.07, 6.45) is 3.49. The van der Waals surface area contributed by atoms with Crippen LogP contribution in [-0.4, -0.2) is 62.0 Å². The van der Waals surface area contributed by atoms with E-state index in [2.05, 4.69) is 20.8 Å². The number of carbonyl (C=O) groups excluding carboxylic acids is 2. The fourth-order valence-corrected chi connectivity index (χ4v) is 3.81. The van der Waals surface area contributed by atoms with Crippen LogP contribution in [0.5, 0.6) is 0 Å². The predicted molar refractivity (Wildman–Crippen MR) is 86.3 cm³/mol. The van der Waals surface area contributed by atoms with Gasteiger partial charge in [0.15, 0.2) is 0 Å². The van der Waals surface area contributed by atoms with Crippen molar-refractivity contribution in [2.24, 2.45) is 0 Å². The van der Waals surface area contributed by atoms with Gasteiger partial charge in [-0.1, -0.05) is 0 Å². The normalized spacial score (nSPS) is 19.9. The molecular weight excluding hydrogens is 355 g/mol. The van der Waals surface area contributed by atoms with Crippen LogP contribution in [0.25, 0.3) is 0 Å². The second-order valence-corrected chi connectivity index (χ2v) is 6.64. The van der Waals surface area contributed by atoms with Gasteiger partial charge in [-0.15, -0.1) is 5.10 Å². The van der Waals surface area contributed by atoms with Crippen molar-refractivity contribution in [1.82, 2.24) is 30.4 Å². The molecule has 0 radical (unpaired) electrons. The largest absolute Gasteiger partial charge is 1.00 e. The van der Waals surface area contributed by atoms with E-state index in [1.165, 1.54) is 0 Å². The predicted octanol–water partition coefficient (Wildman–Crippen LogP) is -2.95. The van der Waals surface area contributed by atoms with Crippen LogP contribution in [0.2, 0.25) is 0 Å². The monoisotopic (exact) mass is 378 g/mol. The average Bonchev–Trinajstić information content (AvgIpc) is 3.02. The molecule has 0 saturated heterocycles. The first kappa shape index (κ1) is 22.4. The molecule has 0 spiro atoms. The van der Waals surface area contributed by atoms with Crippen molar-refractivity contribution in [1.29, 1.82) is 0 Å². The van der Waals surface area contributed by atoms with Crippen molar-refractivity contribution in [2.75, 3.05) is 19.6 Å². The number of amides is 1. The zero-order valence-electron chi connectivity index (χ0n) is 15.0. The van der Waals surface area contributed by atoms with Crippen molar-refractivity contribution < 1.29 is 44.3 Å². The van der Waals surface area contributed by atoms with Gasteiger partial charge in [0.2, 0.25) is 5.16 Å². The molecule has 1 heterocycles. The van der Waals surface area contributed by atoms with Gasteiger partial charge in [-0.05, 0) is 50.0 Å². The molecule has 0 aliphatic heterocycles. The number of carboxylic acid groups (broad SMARTS) is 1. The quantitative estimate of drug-likeness (QED) is 0.396. The van der Waals surface area contributed by atoms with Gasteiger partial charge in [0, 0.05) is 37.4 Å². The summed E-state index contributed by atoms with van der Waals surface area (Å²) in [4.78, 5) is 24.6. The van der Waals surface area contributed by atoms with Crippen molar-refractivity contribution in [3.8, 4) is 0 Å². The summed E-state index contributed by atoms with van der Waals surface area (Å²) in [5.74, 6) is -1.11. The van der Waals surface area contributed by atoms with Gasteiger partial charge < -0.3 is 20.1 Å². The first-order valence-electron chi connectivity index (χ1n) is 8.23. The Morgan fingerprint density at radius 2 is 2.08 bits per heavy atom. The van der Waals surface area contributed by atoms with E-state index in [1.54, 1.807) is 9.58 Å². The second kappa shape index (κ2) is 11.1. The summed E-state index contributed by atoms with van der Waals surface area (Å²) in [7, 11) is 0. The molecule has 1 fully saturated rings. The molecule has 134 valence electrons. The summed E-state index contributed by atoms with van der Waals surface area (Å²) in [5.41, 5.74) is 0.